The molecule has 0 saturated carbocycles. The fourth-order valence-corrected chi connectivity index (χ4v) is 1.37. The summed E-state index contributed by atoms with van der Waals surface area (Å²) in [6.07, 6.45) is 4.32. The molecule has 0 radical (unpaired) electrons. The van der Waals surface area contributed by atoms with E-state index in [1.165, 1.54) is 11.3 Å². The average Bonchev–Trinajstić information content (AvgIpc) is 2.72. The van der Waals surface area contributed by atoms with Gasteiger partial charge in [0.2, 0.25) is 0 Å². The Morgan fingerprint density at radius 2 is 2.07 bits per heavy atom. The zero-order chi connectivity index (χ0) is 9.64. The third-order valence-corrected chi connectivity index (χ3v) is 2.19. The third-order valence-electron chi connectivity index (χ3n) is 1.50. The van der Waals surface area contributed by atoms with E-state index in [1.54, 1.807) is 6.20 Å². The van der Waals surface area contributed by atoms with E-state index in [1.807, 2.05) is 35.7 Å². The molecular formula is C11H7NOS. The number of benzene rings is 1. The Morgan fingerprint density at radius 1 is 1.21 bits per heavy atom. The quantitative estimate of drug-likeness (QED) is 0.661. The van der Waals surface area contributed by atoms with Gasteiger partial charge < -0.3 is 4.74 Å². The summed E-state index contributed by atoms with van der Waals surface area (Å²) in [6, 6.07) is 9.45. The summed E-state index contributed by atoms with van der Waals surface area (Å²) in [4.78, 5) is 4.01. The maximum absolute atomic E-state index is 5.18. The van der Waals surface area contributed by atoms with Gasteiger partial charge >= 0.3 is 0 Å². The van der Waals surface area contributed by atoms with Crippen LogP contribution >= 0.6 is 11.3 Å². The Bertz CT molecular complexity index is 439. The minimum atomic E-state index is 0.747. The van der Waals surface area contributed by atoms with E-state index in [0.717, 1.165) is 10.8 Å². The Kier molecular flexibility index (Phi) is 2.79. The molecule has 0 aliphatic carbocycles. The van der Waals surface area contributed by atoms with Gasteiger partial charge in [-0.15, -0.1) is 11.3 Å². The molecular weight excluding hydrogens is 194 g/mol. The smallest absolute Gasteiger partial charge is 0.170 e. The molecule has 14 heavy (non-hydrogen) atoms. The first-order valence-corrected chi connectivity index (χ1v) is 4.95. The lowest BCUT2D eigenvalue weighted by Crippen LogP contribution is -1.81. The van der Waals surface area contributed by atoms with Crippen molar-refractivity contribution >= 4 is 11.3 Å². The Hall–Kier alpha value is -1.79. The van der Waals surface area contributed by atoms with Crippen LogP contribution in [0.25, 0.3) is 0 Å². The van der Waals surface area contributed by atoms with Gasteiger partial charge in [0.15, 0.2) is 5.01 Å². The van der Waals surface area contributed by atoms with Crippen molar-refractivity contribution in [3.8, 4) is 17.8 Å². The Labute approximate surface area is 86.2 Å². The van der Waals surface area contributed by atoms with Crippen LogP contribution in [0.4, 0.5) is 0 Å². The first-order valence-electron chi connectivity index (χ1n) is 4.07. The fraction of sp³-hybridized carbons (Fsp3) is 0. The molecule has 0 unspecified atom stereocenters. The molecule has 0 spiro atoms. The van der Waals surface area contributed by atoms with Crippen molar-refractivity contribution in [1.82, 2.24) is 4.98 Å². The number of rotatable bonds is 1. The van der Waals surface area contributed by atoms with Crippen molar-refractivity contribution in [2.45, 2.75) is 0 Å². The Morgan fingerprint density at radius 3 is 2.79 bits per heavy atom. The first kappa shape index (κ1) is 8.79. The number of ether oxygens (including phenoxy) is 1. The summed E-state index contributed by atoms with van der Waals surface area (Å²) in [5, 5.41) is 2.65. The number of nitrogens with zero attached hydrogens (tertiary/aromatic N) is 1. The molecule has 0 saturated heterocycles. The van der Waals surface area contributed by atoms with Crippen LogP contribution in [0.15, 0.2) is 41.9 Å². The first-order chi connectivity index (χ1) is 6.95. The van der Waals surface area contributed by atoms with Gasteiger partial charge in [-0.25, -0.2) is 4.98 Å². The van der Waals surface area contributed by atoms with Crippen LogP contribution in [0.5, 0.6) is 5.75 Å². The summed E-state index contributed by atoms with van der Waals surface area (Å²) < 4.78 is 5.18. The molecule has 0 aliphatic heterocycles. The lowest BCUT2D eigenvalue weighted by atomic mass is 10.3. The number of hydrogen-bond acceptors (Lipinski definition) is 3. The zero-order valence-electron chi connectivity index (χ0n) is 7.31. The van der Waals surface area contributed by atoms with E-state index in [-0.39, 0.29) is 0 Å². The molecule has 3 heteroatoms. The maximum atomic E-state index is 5.18. The molecule has 0 fully saturated rings. The van der Waals surface area contributed by atoms with Gasteiger partial charge in [-0.05, 0) is 12.1 Å². The predicted molar refractivity (Wildman–Crippen MR) is 56.1 cm³/mol. The normalized spacial score (nSPS) is 8.86. The van der Waals surface area contributed by atoms with Gasteiger partial charge in [0.1, 0.15) is 11.9 Å². The van der Waals surface area contributed by atoms with Crippen molar-refractivity contribution in [3.63, 3.8) is 0 Å². The monoisotopic (exact) mass is 201 g/mol. The van der Waals surface area contributed by atoms with Gasteiger partial charge in [-0.3, -0.25) is 0 Å². The largest absolute Gasteiger partial charge is 0.407 e. The summed E-state index contributed by atoms with van der Waals surface area (Å²) in [5.41, 5.74) is 0. The number of para-hydroxylation sites is 1. The van der Waals surface area contributed by atoms with Gasteiger partial charge in [-0.2, -0.15) is 0 Å². The fourth-order valence-electron chi connectivity index (χ4n) is 0.902. The summed E-state index contributed by atoms with van der Waals surface area (Å²) in [5.74, 6) is 3.56. The van der Waals surface area contributed by atoms with Gasteiger partial charge in [-0.1, -0.05) is 18.2 Å². The number of thiazole rings is 1. The van der Waals surface area contributed by atoms with Crippen LogP contribution in [0, 0.1) is 12.0 Å². The third kappa shape index (κ3) is 2.35. The van der Waals surface area contributed by atoms with Crippen LogP contribution < -0.4 is 4.74 Å². The van der Waals surface area contributed by atoms with E-state index >= 15 is 0 Å². The molecule has 68 valence electrons. The maximum Gasteiger partial charge on any atom is 0.170 e. The van der Waals surface area contributed by atoms with Crippen LogP contribution in [-0.4, -0.2) is 4.98 Å². The van der Waals surface area contributed by atoms with E-state index in [9.17, 15) is 0 Å². The SMILES string of the molecule is C(#Cc1nccs1)Oc1ccccc1. The molecule has 0 bridgehead atoms. The highest BCUT2D eigenvalue weighted by Gasteiger charge is 1.88. The van der Waals surface area contributed by atoms with Gasteiger partial charge in [0.25, 0.3) is 0 Å². The number of aromatic nitrogens is 1. The summed E-state index contributed by atoms with van der Waals surface area (Å²) in [7, 11) is 0. The molecule has 2 aromatic rings. The standard InChI is InChI=1S/C11H7NOS/c1-2-4-10(5-3-1)13-8-6-11-12-7-9-14-11/h1-5,7,9H. The summed E-state index contributed by atoms with van der Waals surface area (Å²) in [6.45, 7) is 0. The van der Waals surface area contributed by atoms with Gasteiger partial charge in [0.05, 0.1) is 0 Å². The molecule has 0 amide bonds. The van der Waals surface area contributed by atoms with Crippen molar-refractivity contribution in [1.29, 1.82) is 0 Å². The van der Waals surface area contributed by atoms with Crippen molar-refractivity contribution < 1.29 is 4.74 Å². The molecule has 2 rings (SSSR count). The molecule has 0 aliphatic rings. The van der Waals surface area contributed by atoms with E-state index in [4.69, 9.17) is 4.74 Å². The lowest BCUT2D eigenvalue weighted by Gasteiger charge is -1.92. The van der Waals surface area contributed by atoms with Crippen LogP contribution in [-0.2, 0) is 0 Å². The van der Waals surface area contributed by atoms with Crippen LogP contribution in [0.1, 0.15) is 5.01 Å². The molecule has 0 N–H and O–H groups in total. The molecule has 1 aromatic heterocycles. The van der Waals surface area contributed by atoms with E-state index < -0.39 is 0 Å². The molecule has 2 nitrogen and oxygen atoms in total. The second kappa shape index (κ2) is 4.45. The summed E-state index contributed by atoms with van der Waals surface area (Å²) >= 11 is 1.49. The van der Waals surface area contributed by atoms with E-state index in [0.29, 0.717) is 0 Å². The second-order valence-electron chi connectivity index (χ2n) is 2.48. The van der Waals surface area contributed by atoms with Crippen molar-refractivity contribution in [3.05, 3.63) is 46.9 Å². The van der Waals surface area contributed by atoms with Crippen LogP contribution in [0.3, 0.4) is 0 Å². The molecule has 0 atom stereocenters. The van der Waals surface area contributed by atoms with Crippen molar-refractivity contribution in [2.75, 3.05) is 0 Å². The second-order valence-corrected chi connectivity index (χ2v) is 3.37. The number of hydrogen-bond donors (Lipinski definition) is 0. The van der Waals surface area contributed by atoms with Crippen molar-refractivity contribution in [2.24, 2.45) is 0 Å². The van der Waals surface area contributed by atoms with Crippen LogP contribution in [0.2, 0.25) is 0 Å². The average molecular weight is 201 g/mol. The predicted octanol–water partition coefficient (Wildman–Crippen LogP) is 2.53. The van der Waals surface area contributed by atoms with E-state index in [2.05, 4.69) is 17.0 Å². The minimum Gasteiger partial charge on any atom is -0.407 e. The topological polar surface area (TPSA) is 22.1 Å². The molecule has 1 heterocycles. The highest BCUT2D eigenvalue weighted by atomic mass is 32.1. The minimum absolute atomic E-state index is 0.747. The van der Waals surface area contributed by atoms with Gasteiger partial charge in [0, 0.05) is 17.5 Å². The Balaban J connectivity index is 2.01. The highest BCUT2D eigenvalue weighted by Crippen LogP contribution is 2.07. The highest BCUT2D eigenvalue weighted by molar-refractivity contribution is 7.10. The zero-order valence-corrected chi connectivity index (χ0v) is 8.12. The lowest BCUT2D eigenvalue weighted by molar-refractivity contribution is 0.520. The molecule has 1 aromatic carbocycles.